The molecule has 158 valence electrons. The highest BCUT2D eigenvalue weighted by Crippen LogP contribution is 2.13. The van der Waals surface area contributed by atoms with Gasteiger partial charge in [0.05, 0.1) is 12.8 Å². The molecule has 0 bridgehead atoms. The number of aromatic nitrogens is 2. The van der Waals surface area contributed by atoms with Crippen molar-refractivity contribution in [3.63, 3.8) is 0 Å². The van der Waals surface area contributed by atoms with Crippen molar-refractivity contribution in [2.24, 2.45) is 7.05 Å². The fraction of sp³-hybridized carbons (Fsp3) is 0.389. The van der Waals surface area contributed by atoms with E-state index in [4.69, 9.17) is 9.47 Å². The Balaban J connectivity index is 1.76. The summed E-state index contributed by atoms with van der Waals surface area (Å²) in [5.41, 5.74) is 0.889. The summed E-state index contributed by atoms with van der Waals surface area (Å²) in [6, 6.07) is 7.30. The first-order valence-electron chi connectivity index (χ1n) is 8.81. The van der Waals surface area contributed by atoms with Gasteiger partial charge in [0.15, 0.2) is 6.61 Å². The van der Waals surface area contributed by atoms with E-state index in [1.165, 1.54) is 15.8 Å². The van der Waals surface area contributed by atoms with Crippen LogP contribution in [-0.2, 0) is 37.9 Å². The Hall–Kier alpha value is -2.92. The van der Waals surface area contributed by atoms with Gasteiger partial charge in [0.25, 0.3) is 5.91 Å². The van der Waals surface area contributed by atoms with E-state index in [1.807, 2.05) is 31.2 Å². The second kappa shape index (κ2) is 10.0. The molecule has 10 nitrogen and oxygen atoms in total. The molecular weight excluding hydrogens is 400 g/mol. The van der Waals surface area contributed by atoms with Gasteiger partial charge in [-0.25, -0.2) is 8.42 Å². The normalized spacial score (nSPS) is 11.1. The molecule has 0 unspecified atom stereocenters. The molecule has 0 spiro atoms. The molecule has 0 saturated heterocycles. The number of hydrogen-bond donors (Lipinski definition) is 1. The second-order valence-corrected chi connectivity index (χ2v) is 7.93. The van der Waals surface area contributed by atoms with Gasteiger partial charge in [-0.05, 0) is 24.6 Å². The summed E-state index contributed by atoms with van der Waals surface area (Å²) < 4.78 is 37.7. The molecule has 0 radical (unpaired) electrons. The van der Waals surface area contributed by atoms with Crippen molar-refractivity contribution < 1.29 is 27.5 Å². The molecule has 1 aromatic heterocycles. The van der Waals surface area contributed by atoms with Gasteiger partial charge in [-0.1, -0.05) is 12.1 Å². The molecule has 2 aromatic rings. The van der Waals surface area contributed by atoms with Crippen LogP contribution in [0.4, 0.5) is 0 Å². The van der Waals surface area contributed by atoms with Gasteiger partial charge in [0.2, 0.25) is 10.0 Å². The van der Waals surface area contributed by atoms with Gasteiger partial charge in [-0.15, -0.1) is 0 Å². The zero-order chi connectivity index (χ0) is 21.4. The summed E-state index contributed by atoms with van der Waals surface area (Å²) in [7, 11) is -0.724. The van der Waals surface area contributed by atoms with Crippen LogP contribution in [-0.4, -0.2) is 61.8 Å². The zero-order valence-corrected chi connectivity index (χ0v) is 17.3. The van der Waals surface area contributed by atoms with E-state index in [0.717, 1.165) is 17.5 Å². The fourth-order valence-corrected chi connectivity index (χ4v) is 3.25. The first-order valence-corrected chi connectivity index (χ1v) is 10.3. The molecule has 1 N–H and O–H groups in total. The molecule has 1 amide bonds. The number of nitrogens with zero attached hydrogens (tertiary/aromatic N) is 3. The number of esters is 1. The standard InChI is InChI=1S/C18H24N4O6S/c1-4-27-15-7-5-14(6-8-15)11-21(2)17(23)13-28-18(24)10-20-29(25,26)16-9-19-22(3)12-16/h5-9,12,20H,4,10-11,13H2,1-3H3. The number of ether oxygens (including phenoxy) is 2. The van der Waals surface area contributed by atoms with E-state index in [0.29, 0.717) is 13.2 Å². The topological polar surface area (TPSA) is 120 Å². The summed E-state index contributed by atoms with van der Waals surface area (Å²) in [4.78, 5) is 25.2. The van der Waals surface area contributed by atoms with Crippen LogP contribution in [0.25, 0.3) is 0 Å². The van der Waals surface area contributed by atoms with Gasteiger partial charge in [-0.3, -0.25) is 14.3 Å². The Morgan fingerprint density at radius 3 is 2.52 bits per heavy atom. The maximum absolute atomic E-state index is 12.1. The highest BCUT2D eigenvalue weighted by atomic mass is 32.2. The van der Waals surface area contributed by atoms with E-state index < -0.39 is 35.1 Å². The van der Waals surface area contributed by atoms with Crippen molar-refractivity contribution in [2.75, 3.05) is 26.8 Å². The predicted molar refractivity (Wildman–Crippen MR) is 103 cm³/mol. The van der Waals surface area contributed by atoms with E-state index in [9.17, 15) is 18.0 Å². The molecule has 0 saturated carbocycles. The van der Waals surface area contributed by atoms with Crippen LogP contribution >= 0.6 is 0 Å². The predicted octanol–water partition coefficient (Wildman–Crippen LogP) is 0.299. The number of rotatable bonds is 10. The van der Waals surface area contributed by atoms with E-state index in [2.05, 4.69) is 9.82 Å². The number of nitrogens with one attached hydrogen (secondary N) is 1. The Morgan fingerprint density at radius 2 is 1.93 bits per heavy atom. The van der Waals surface area contributed by atoms with E-state index in [-0.39, 0.29) is 4.90 Å². The van der Waals surface area contributed by atoms with Crippen LogP contribution in [0.15, 0.2) is 41.6 Å². The average Bonchev–Trinajstić information content (AvgIpc) is 3.13. The Morgan fingerprint density at radius 1 is 1.24 bits per heavy atom. The molecule has 0 aliphatic heterocycles. The number of amides is 1. The Kier molecular flexibility index (Phi) is 7.74. The minimum atomic E-state index is -3.88. The number of benzene rings is 1. The Bertz CT molecular complexity index is 940. The molecule has 1 aromatic carbocycles. The molecule has 0 aliphatic rings. The van der Waals surface area contributed by atoms with Crippen LogP contribution in [0.5, 0.6) is 5.75 Å². The van der Waals surface area contributed by atoms with Crippen LogP contribution in [0.1, 0.15) is 12.5 Å². The third-order valence-corrected chi connectivity index (χ3v) is 5.19. The minimum Gasteiger partial charge on any atom is -0.494 e. The summed E-state index contributed by atoms with van der Waals surface area (Å²) in [5, 5.41) is 3.76. The maximum Gasteiger partial charge on any atom is 0.321 e. The lowest BCUT2D eigenvalue weighted by molar-refractivity contribution is -0.150. The first kappa shape index (κ1) is 22.4. The van der Waals surface area contributed by atoms with Crippen LogP contribution in [0.3, 0.4) is 0 Å². The molecule has 0 aliphatic carbocycles. The van der Waals surface area contributed by atoms with Gasteiger partial charge in [-0.2, -0.15) is 9.82 Å². The second-order valence-electron chi connectivity index (χ2n) is 6.16. The molecular formula is C18H24N4O6S. The Labute approximate surface area is 169 Å². The monoisotopic (exact) mass is 424 g/mol. The van der Waals surface area contributed by atoms with Gasteiger partial charge in [0.1, 0.15) is 17.2 Å². The smallest absolute Gasteiger partial charge is 0.321 e. The van der Waals surface area contributed by atoms with Crippen LogP contribution < -0.4 is 9.46 Å². The fourth-order valence-electron chi connectivity index (χ4n) is 2.30. The van der Waals surface area contributed by atoms with Gasteiger partial charge < -0.3 is 14.4 Å². The third-order valence-electron chi connectivity index (χ3n) is 3.83. The number of aryl methyl sites for hydroxylation is 1. The van der Waals surface area contributed by atoms with Gasteiger partial charge in [0, 0.05) is 26.8 Å². The van der Waals surface area contributed by atoms with Crippen LogP contribution in [0, 0.1) is 0 Å². The summed E-state index contributed by atoms with van der Waals surface area (Å²) in [5.74, 6) is -0.532. The van der Waals surface area contributed by atoms with Crippen molar-refractivity contribution in [3.05, 3.63) is 42.2 Å². The zero-order valence-electron chi connectivity index (χ0n) is 16.5. The summed E-state index contributed by atoms with van der Waals surface area (Å²) in [6.45, 7) is 1.72. The van der Waals surface area contributed by atoms with E-state index in [1.54, 1.807) is 14.1 Å². The van der Waals surface area contributed by atoms with E-state index >= 15 is 0 Å². The highest BCUT2D eigenvalue weighted by molar-refractivity contribution is 7.89. The molecule has 0 fully saturated rings. The number of carbonyl (C=O) groups excluding carboxylic acids is 2. The molecule has 2 rings (SSSR count). The number of hydrogen-bond acceptors (Lipinski definition) is 7. The summed E-state index contributed by atoms with van der Waals surface area (Å²) >= 11 is 0. The highest BCUT2D eigenvalue weighted by Gasteiger charge is 2.19. The van der Waals surface area contributed by atoms with Crippen molar-refractivity contribution in [1.29, 1.82) is 0 Å². The van der Waals surface area contributed by atoms with Gasteiger partial charge >= 0.3 is 5.97 Å². The van der Waals surface area contributed by atoms with Crippen molar-refractivity contribution in [1.82, 2.24) is 19.4 Å². The van der Waals surface area contributed by atoms with Crippen LogP contribution in [0.2, 0.25) is 0 Å². The summed E-state index contributed by atoms with van der Waals surface area (Å²) in [6.07, 6.45) is 2.46. The lowest BCUT2D eigenvalue weighted by Gasteiger charge is -2.17. The average molecular weight is 424 g/mol. The molecule has 29 heavy (non-hydrogen) atoms. The molecule has 1 heterocycles. The minimum absolute atomic E-state index is 0.0704. The maximum atomic E-state index is 12.1. The number of likely N-dealkylation sites (N-methyl/N-ethyl adjacent to an activating group) is 1. The molecule has 11 heteroatoms. The third kappa shape index (κ3) is 6.88. The van der Waals surface area contributed by atoms with Crippen molar-refractivity contribution in [3.8, 4) is 5.75 Å². The lowest BCUT2D eigenvalue weighted by Crippen LogP contribution is -2.34. The quantitative estimate of drug-likeness (QED) is 0.545. The SMILES string of the molecule is CCOc1ccc(CN(C)C(=O)COC(=O)CNS(=O)(=O)c2cnn(C)c2)cc1. The number of carbonyl (C=O) groups is 2. The lowest BCUT2D eigenvalue weighted by atomic mass is 10.2. The van der Waals surface area contributed by atoms with Crippen molar-refractivity contribution >= 4 is 21.9 Å². The van der Waals surface area contributed by atoms with Crippen molar-refractivity contribution in [2.45, 2.75) is 18.4 Å². The molecule has 0 atom stereocenters. The largest absolute Gasteiger partial charge is 0.494 e. The first-order chi connectivity index (χ1) is 13.7. The number of sulfonamides is 1.